The van der Waals surface area contributed by atoms with Gasteiger partial charge in [0.1, 0.15) is 0 Å². The predicted octanol–water partition coefficient (Wildman–Crippen LogP) is 3.97. The summed E-state index contributed by atoms with van der Waals surface area (Å²) in [7, 11) is 0. The van der Waals surface area contributed by atoms with Gasteiger partial charge in [-0.05, 0) is 62.1 Å². The van der Waals surface area contributed by atoms with E-state index in [-0.39, 0.29) is 5.88 Å². The zero-order valence-electron chi connectivity index (χ0n) is 14.7. The molecule has 140 valence electrons. The number of hydrogen-bond donors (Lipinski definition) is 2. The number of nitrogens with one attached hydrogen (secondary N) is 1. The predicted molar refractivity (Wildman–Crippen MR) is 107 cm³/mol. The minimum absolute atomic E-state index is 0.191. The Morgan fingerprint density at radius 1 is 1.22 bits per heavy atom. The molecule has 7 heteroatoms. The highest BCUT2D eigenvalue weighted by Gasteiger charge is 2.26. The van der Waals surface area contributed by atoms with Crippen molar-refractivity contribution in [2.45, 2.75) is 31.7 Å². The molecule has 0 bridgehead atoms. The first-order chi connectivity index (χ1) is 13.1. The molecule has 2 aromatic heterocycles. The van der Waals surface area contributed by atoms with E-state index in [4.69, 9.17) is 23.2 Å². The van der Waals surface area contributed by atoms with E-state index in [1.165, 1.54) is 4.68 Å². The molecule has 0 spiro atoms. The van der Waals surface area contributed by atoms with Crippen molar-refractivity contribution < 1.29 is 5.11 Å². The van der Waals surface area contributed by atoms with Crippen molar-refractivity contribution in [3.05, 3.63) is 69.5 Å². The molecular formula is C20H20Cl2N4O. The van der Waals surface area contributed by atoms with Crippen LogP contribution in [0.1, 0.15) is 23.2 Å². The van der Waals surface area contributed by atoms with Gasteiger partial charge in [0.25, 0.3) is 0 Å². The van der Waals surface area contributed by atoms with Crippen LogP contribution in [0.4, 0.5) is 0 Å². The van der Waals surface area contributed by atoms with Crippen LogP contribution in [-0.4, -0.2) is 32.5 Å². The molecule has 1 aliphatic rings. The summed E-state index contributed by atoms with van der Waals surface area (Å²) >= 11 is 12.2. The van der Waals surface area contributed by atoms with Crippen molar-refractivity contribution in [2.75, 3.05) is 6.54 Å². The first-order valence-electron chi connectivity index (χ1n) is 9.00. The Balaban J connectivity index is 1.40. The average molecular weight is 403 g/mol. The summed E-state index contributed by atoms with van der Waals surface area (Å²) in [6.07, 6.45) is 5.10. The van der Waals surface area contributed by atoms with Gasteiger partial charge in [0.05, 0.1) is 5.69 Å². The van der Waals surface area contributed by atoms with Crippen molar-refractivity contribution in [2.24, 2.45) is 0 Å². The molecule has 0 saturated heterocycles. The van der Waals surface area contributed by atoms with Gasteiger partial charge in [0.2, 0.25) is 5.88 Å². The van der Waals surface area contributed by atoms with Crippen LogP contribution in [0.3, 0.4) is 0 Å². The van der Waals surface area contributed by atoms with Crippen LogP contribution in [0, 0.1) is 0 Å². The maximum Gasteiger partial charge on any atom is 0.219 e. The molecule has 0 saturated carbocycles. The van der Waals surface area contributed by atoms with Crippen LogP contribution in [0.2, 0.25) is 10.0 Å². The number of fused-ring (bicyclic) bond motifs is 1. The summed E-state index contributed by atoms with van der Waals surface area (Å²) < 4.78 is 1.53. The summed E-state index contributed by atoms with van der Waals surface area (Å²) in [5, 5.41) is 20.1. The first-order valence-corrected chi connectivity index (χ1v) is 9.76. The maximum atomic E-state index is 10.6. The van der Waals surface area contributed by atoms with Crippen LogP contribution in [0.5, 0.6) is 5.88 Å². The highest BCUT2D eigenvalue weighted by Crippen LogP contribution is 2.30. The number of rotatable bonds is 5. The standard InChI is InChI=1S/C20H20Cl2N4O/c21-14-5-4-13(17(22)11-14)8-10-23-15-6-7-18-16(12-15)20(27)26(25-18)19-3-1-2-9-24-19/h1-5,9,11,15,23,27H,6-8,10,12H2. The zero-order valence-corrected chi connectivity index (χ0v) is 16.2. The fourth-order valence-corrected chi connectivity index (χ4v) is 4.01. The SMILES string of the molecule is Oc1c2c(nn1-c1ccccn1)CCC(NCCc1ccc(Cl)cc1Cl)C2. The van der Waals surface area contributed by atoms with Gasteiger partial charge < -0.3 is 10.4 Å². The van der Waals surface area contributed by atoms with Crippen LogP contribution in [-0.2, 0) is 19.3 Å². The van der Waals surface area contributed by atoms with Gasteiger partial charge in [0.15, 0.2) is 5.82 Å². The van der Waals surface area contributed by atoms with Crippen molar-refractivity contribution >= 4 is 23.2 Å². The van der Waals surface area contributed by atoms with E-state index in [0.717, 1.165) is 49.0 Å². The average Bonchev–Trinajstić information content (AvgIpc) is 3.01. The normalized spacial score (nSPS) is 16.3. The summed E-state index contributed by atoms with van der Waals surface area (Å²) in [4.78, 5) is 4.27. The molecule has 27 heavy (non-hydrogen) atoms. The van der Waals surface area contributed by atoms with Gasteiger partial charge in [-0.2, -0.15) is 9.78 Å². The number of aromatic nitrogens is 3. The zero-order chi connectivity index (χ0) is 18.8. The molecule has 0 radical (unpaired) electrons. The lowest BCUT2D eigenvalue weighted by Gasteiger charge is -2.22. The van der Waals surface area contributed by atoms with E-state index in [9.17, 15) is 5.11 Å². The van der Waals surface area contributed by atoms with Crippen molar-refractivity contribution in [1.82, 2.24) is 20.1 Å². The second kappa shape index (κ2) is 7.89. The van der Waals surface area contributed by atoms with Crippen molar-refractivity contribution in [3.63, 3.8) is 0 Å². The summed E-state index contributed by atoms with van der Waals surface area (Å²) in [5.74, 6) is 0.822. The first kappa shape index (κ1) is 18.3. The van der Waals surface area contributed by atoms with Gasteiger partial charge >= 0.3 is 0 Å². The monoisotopic (exact) mass is 402 g/mol. The molecule has 5 nitrogen and oxygen atoms in total. The molecule has 0 fully saturated rings. The summed E-state index contributed by atoms with van der Waals surface area (Å²) in [5.41, 5.74) is 2.95. The van der Waals surface area contributed by atoms with Gasteiger partial charge in [-0.25, -0.2) is 4.98 Å². The topological polar surface area (TPSA) is 63.0 Å². The van der Waals surface area contributed by atoms with E-state index in [0.29, 0.717) is 21.9 Å². The molecule has 1 atom stereocenters. The molecule has 3 aromatic rings. The summed E-state index contributed by atoms with van der Waals surface area (Å²) in [6.45, 7) is 0.816. The third kappa shape index (κ3) is 3.95. The van der Waals surface area contributed by atoms with E-state index in [1.54, 1.807) is 12.3 Å². The van der Waals surface area contributed by atoms with Crippen molar-refractivity contribution in [3.8, 4) is 11.7 Å². The second-order valence-electron chi connectivity index (χ2n) is 6.73. The van der Waals surface area contributed by atoms with E-state index < -0.39 is 0 Å². The highest BCUT2D eigenvalue weighted by molar-refractivity contribution is 6.35. The number of aromatic hydroxyl groups is 1. The molecule has 2 heterocycles. The van der Waals surface area contributed by atoms with Gasteiger partial charge in [0, 0.05) is 27.8 Å². The lowest BCUT2D eigenvalue weighted by Crippen LogP contribution is -2.35. The molecular weight excluding hydrogens is 383 g/mol. The Morgan fingerprint density at radius 2 is 2.11 bits per heavy atom. The van der Waals surface area contributed by atoms with Gasteiger partial charge in [-0.15, -0.1) is 0 Å². The van der Waals surface area contributed by atoms with E-state index in [2.05, 4.69) is 15.4 Å². The van der Waals surface area contributed by atoms with Crippen molar-refractivity contribution in [1.29, 1.82) is 0 Å². The molecule has 1 aliphatic carbocycles. The van der Waals surface area contributed by atoms with E-state index >= 15 is 0 Å². The largest absolute Gasteiger partial charge is 0.493 e. The third-order valence-electron chi connectivity index (χ3n) is 4.93. The van der Waals surface area contributed by atoms with Gasteiger partial charge in [-0.3, -0.25) is 0 Å². The summed E-state index contributed by atoms with van der Waals surface area (Å²) in [6, 6.07) is 11.5. The fourth-order valence-electron chi connectivity index (χ4n) is 3.50. The Labute approximate surface area is 168 Å². The number of aryl methyl sites for hydroxylation is 1. The van der Waals surface area contributed by atoms with E-state index in [1.807, 2.05) is 30.3 Å². The number of pyridine rings is 1. The number of hydrogen-bond acceptors (Lipinski definition) is 4. The quantitative estimate of drug-likeness (QED) is 0.677. The Bertz CT molecular complexity index is 943. The number of benzene rings is 1. The smallest absolute Gasteiger partial charge is 0.219 e. The lowest BCUT2D eigenvalue weighted by atomic mass is 9.93. The van der Waals surface area contributed by atoms with Crippen LogP contribution >= 0.6 is 23.2 Å². The fraction of sp³-hybridized carbons (Fsp3) is 0.300. The molecule has 0 amide bonds. The minimum Gasteiger partial charge on any atom is -0.493 e. The number of nitrogens with zero attached hydrogens (tertiary/aromatic N) is 3. The highest BCUT2D eigenvalue weighted by atomic mass is 35.5. The van der Waals surface area contributed by atoms with Crippen LogP contribution in [0.15, 0.2) is 42.6 Å². The molecule has 0 aliphatic heterocycles. The lowest BCUT2D eigenvalue weighted by molar-refractivity contribution is 0.413. The molecule has 4 rings (SSSR count). The van der Waals surface area contributed by atoms with Crippen LogP contribution in [0.25, 0.3) is 5.82 Å². The Morgan fingerprint density at radius 3 is 2.89 bits per heavy atom. The molecule has 1 aromatic carbocycles. The Kier molecular flexibility index (Phi) is 5.34. The Hall–Kier alpha value is -2.08. The van der Waals surface area contributed by atoms with Gasteiger partial charge in [-0.1, -0.05) is 35.3 Å². The maximum absolute atomic E-state index is 10.6. The third-order valence-corrected chi connectivity index (χ3v) is 5.52. The second-order valence-corrected chi connectivity index (χ2v) is 7.57. The molecule has 2 N–H and O–H groups in total. The number of halogens is 2. The minimum atomic E-state index is 0.191. The van der Waals surface area contributed by atoms with Crippen LogP contribution < -0.4 is 5.32 Å². The molecule has 1 unspecified atom stereocenters.